The van der Waals surface area contributed by atoms with E-state index in [0.29, 0.717) is 11.9 Å². The lowest BCUT2D eigenvalue weighted by atomic mass is 10.0. The predicted molar refractivity (Wildman–Crippen MR) is 90.5 cm³/mol. The maximum atomic E-state index is 12.1. The number of piperidine rings is 1. The van der Waals surface area contributed by atoms with Crippen molar-refractivity contribution in [2.24, 2.45) is 7.05 Å². The van der Waals surface area contributed by atoms with Crippen LogP contribution < -0.4 is 15.8 Å². The molecule has 23 heavy (non-hydrogen) atoms. The number of pyridine rings is 1. The second-order valence-corrected chi connectivity index (χ2v) is 6.06. The molecule has 3 rings (SSSR count). The number of anilines is 1. The Labute approximate surface area is 136 Å². The Morgan fingerprint density at radius 1 is 1.26 bits per heavy atom. The first-order valence-corrected chi connectivity index (χ1v) is 8.05. The van der Waals surface area contributed by atoms with Crippen molar-refractivity contribution in [3.8, 4) is 0 Å². The minimum Gasteiger partial charge on any atom is -0.352 e. The van der Waals surface area contributed by atoms with Gasteiger partial charge in [-0.2, -0.15) is 0 Å². The predicted octanol–water partition coefficient (Wildman–Crippen LogP) is 1.24. The van der Waals surface area contributed by atoms with E-state index in [-0.39, 0.29) is 5.56 Å². The molecule has 0 aliphatic carbocycles. The summed E-state index contributed by atoms with van der Waals surface area (Å²) in [4.78, 5) is 22.8. The highest BCUT2D eigenvalue weighted by Gasteiger charge is 2.21. The smallest absolute Gasteiger partial charge is 0.293 e. The largest absolute Gasteiger partial charge is 0.352 e. The van der Waals surface area contributed by atoms with Crippen molar-refractivity contribution < 1.29 is 0 Å². The quantitative estimate of drug-likeness (QED) is 0.920. The third-order valence-corrected chi connectivity index (χ3v) is 4.49. The minimum absolute atomic E-state index is 0.0232. The Morgan fingerprint density at radius 2 is 2.04 bits per heavy atom. The number of nitrogens with one attached hydrogen (secondary N) is 1. The van der Waals surface area contributed by atoms with E-state index in [1.54, 1.807) is 24.0 Å². The van der Waals surface area contributed by atoms with Crippen molar-refractivity contribution in [2.45, 2.75) is 32.4 Å². The van der Waals surface area contributed by atoms with Crippen molar-refractivity contribution in [3.63, 3.8) is 0 Å². The topological polar surface area (TPSA) is 63.1 Å². The molecule has 1 saturated heterocycles. The van der Waals surface area contributed by atoms with Gasteiger partial charge in [0.1, 0.15) is 0 Å². The molecule has 0 radical (unpaired) electrons. The molecule has 1 aliphatic rings. The number of nitrogens with zero attached hydrogens (tertiary/aromatic N) is 4. The molecule has 0 amide bonds. The molecule has 1 aliphatic heterocycles. The summed E-state index contributed by atoms with van der Waals surface area (Å²) in [6.45, 7) is 4.60. The van der Waals surface area contributed by atoms with Gasteiger partial charge < -0.3 is 14.8 Å². The highest BCUT2D eigenvalue weighted by Crippen LogP contribution is 2.15. The maximum Gasteiger partial charge on any atom is 0.293 e. The summed E-state index contributed by atoms with van der Waals surface area (Å²) >= 11 is 0. The molecular formula is C17H23N5O. The van der Waals surface area contributed by atoms with Gasteiger partial charge in [0.05, 0.1) is 0 Å². The molecule has 1 fully saturated rings. The lowest BCUT2D eigenvalue weighted by Crippen LogP contribution is -2.44. The first kappa shape index (κ1) is 15.7. The summed E-state index contributed by atoms with van der Waals surface area (Å²) in [5, 5.41) is 3.61. The summed E-state index contributed by atoms with van der Waals surface area (Å²) in [5.41, 5.74) is 2.30. The number of rotatable bonds is 4. The van der Waals surface area contributed by atoms with Crippen LogP contribution in [0.3, 0.4) is 0 Å². The monoisotopic (exact) mass is 313 g/mol. The molecule has 0 bridgehead atoms. The molecular weight excluding hydrogens is 290 g/mol. The van der Waals surface area contributed by atoms with Gasteiger partial charge in [0.15, 0.2) is 5.82 Å². The minimum atomic E-state index is -0.0232. The number of aromatic nitrogens is 3. The van der Waals surface area contributed by atoms with Gasteiger partial charge in [-0.25, -0.2) is 4.98 Å². The van der Waals surface area contributed by atoms with Gasteiger partial charge in [-0.1, -0.05) is 6.07 Å². The molecule has 3 heterocycles. The van der Waals surface area contributed by atoms with Crippen molar-refractivity contribution in [1.29, 1.82) is 0 Å². The number of hydrogen-bond donors (Lipinski definition) is 1. The first-order chi connectivity index (χ1) is 11.1. The van der Waals surface area contributed by atoms with Crippen LogP contribution in [0.5, 0.6) is 0 Å². The van der Waals surface area contributed by atoms with Gasteiger partial charge in [-0.3, -0.25) is 9.78 Å². The highest BCUT2D eigenvalue weighted by molar-refractivity contribution is 5.36. The molecule has 2 aromatic rings. The fourth-order valence-corrected chi connectivity index (χ4v) is 2.96. The zero-order chi connectivity index (χ0) is 16.2. The number of aryl methyl sites for hydroxylation is 2. The molecule has 1 N–H and O–H groups in total. The Kier molecular flexibility index (Phi) is 4.71. The highest BCUT2D eigenvalue weighted by atomic mass is 16.1. The van der Waals surface area contributed by atoms with Crippen LogP contribution in [0.1, 0.15) is 24.1 Å². The van der Waals surface area contributed by atoms with E-state index in [4.69, 9.17) is 0 Å². The third kappa shape index (κ3) is 3.59. The van der Waals surface area contributed by atoms with Gasteiger partial charge >= 0.3 is 0 Å². The lowest BCUT2D eigenvalue weighted by molar-refractivity contribution is 0.411. The summed E-state index contributed by atoms with van der Waals surface area (Å²) in [7, 11) is 1.76. The molecule has 0 unspecified atom stereocenters. The average molecular weight is 313 g/mol. The van der Waals surface area contributed by atoms with Crippen LogP contribution in [0.15, 0.2) is 35.5 Å². The normalized spacial score (nSPS) is 15.8. The van der Waals surface area contributed by atoms with E-state index < -0.39 is 0 Å². The summed E-state index contributed by atoms with van der Waals surface area (Å²) in [6, 6.07) is 4.56. The SMILES string of the molecule is Cc1ncccc1CNC1CCN(c2nccn(C)c2=O)CC1. The van der Waals surface area contributed by atoms with Crippen LogP contribution in [-0.4, -0.2) is 33.7 Å². The molecule has 6 nitrogen and oxygen atoms in total. The van der Waals surface area contributed by atoms with Crippen LogP contribution in [-0.2, 0) is 13.6 Å². The van der Waals surface area contributed by atoms with Crippen LogP contribution >= 0.6 is 0 Å². The molecule has 2 aromatic heterocycles. The molecule has 0 spiro atoms. The molecule has 0 atom stereocenters. The Morgan fingerprint density at radius 3 is 2.78 bits per heavy atom. The Balaban J connectivity index is 1.55. The van der Waals surface area contributed by atoms with E-state index >= 15 is 0 Å². The summed E-state index contributed by atoms with van der Waals surface area (Å²) in [6.07, 6.45) is 7.23. The van der Waals surface area contributed by atoms with E-state index in [0.717, 1.165) is 38.2 Å². The molecule has 0 saturated carbocycles. The van der Waals surface area contributed by atoms with Gasteiger partial charge in [-0.15, -0.1) is 0 Å². The summed E-state index contributed by atoms with van der Waals surface area (Å²) < 4.78 is 1.58. The van der Waals surface area contributed by atoms with Crippen molar-refractivity contribution in [2.75, 3.05) is 18.0 Å². The Hall–Kier alpha value is -2.21. The van der Waals surface area contributed by atoms with E-state index in [1.807, 2.05) is 19.2 Å². The van der Waals surface area contributed by atoms with Crippen LogP contribution in [0.25, 0.3) is 0 Å². The maximum absolute atomic E-state index is 12.1. The van der Waals surface area contributed by atoms with E-state index in [9.17, 15) is 4.79 Å². The third-order valence-electron chi connectivity index (χ3n) is 4.49. The molecule has 122 valence electrons. The van der Waals surface area contributed by atoms with Gasteiger partial charge in [-0.05, 0) is 31.4 Å². The Bertz CT molecular complexity index is 719. The fourth-order valence-electron chi connectivity index (χ4n) is 2.96. The van der Waals surface area contributed by atoms with Gasteiger partial charge in [0.2, 0.25) is 0 Å². The lowest BCUT2D eigenvalue weighted by Gasteiger charge is -2.33. The average Bonchev–Trinajstić information content (AvgIpc) is 2.57. The van der Waals surface area contributed by atoms with Gasteiger partial charge in [0, 0.05) is 57.0 Å². The zero-order valence-corrected chi connectivity index (χ0v) is 13.7. The molecule has 0 aromatic carbocycles. The zero-order valence-electron chi connectivity index (χ0n) is 13.7. The fraction of sp³-hybridized carbons (Fsp3) is 0.471. The van der Waals surface area contributed by atoms with Crippen LogP contribution in [0.2, 0.25) is 0 Å². The van der Waals surface area contributed by atoms with Gasteiger partial charge in [0.25, 0.3) is 5.56 Å². The van der Waals surface area contributed by atoms with E-state index in [2.05, 4.69) is 26.3 Å². The molecule has 6 heteroatoms. The van der Waals surface area contributed by atoms with E-state index in [1.165, 1.54) is 5.56 Å². The second kappa shape index (κ2) is 6.91. The standard InChI is InChI=1S/C17H23N5O/c1-13-14(4-3-7-18-13)12-20-15-5-9-22(10-6-15)16-17(23)21(2)11-8-19-16/h3-4,7-8,11,15,20H,5-6,9-10,12H2,1-2H3. The van der Waals surface area contributed by atoms with Crippen LogP contribution in [0, 0.1) is 6.92 Å². The number of hydrogen-bond acceptors (Lipinski definition) is 5. The van der Waals surface area contributed by atoms with Crippen LogP contribution in [0.4, 0.5) is 5.82 Å². The first-order valence-electron chi connectivity index (χ1n) is 8.05. The van der Waals surface area contributed by atoms with Crippen molar-refractivity contribution in [3.05, 3.63) is 52.3 Å². The summed E-state index contributed by atoms with van der Waals surface area (Å²) in [5.74, 6) is 0.566. The second-order valence-electron chi connectivity index (χ2n) is 6.06. The van der Waals surface area contributed by atoms with Crippen molar-refractivity contribution >= 4 is 5.82 Å². The van der Waals surface area contributed by atoms with Crippen molar-refractivity contribution in [1.82, 2.24) is 19.9 Å².